The fourth-order valence-corrected chi connectivity index (χ4v) is 4.69. The van der Waals surface area contributed by atoms with Crippen LogP contribution >= 0.6 is 11.8 Å². The number of rotatable bonds is 2. The standard InChI is InChI=1S/C21H24N4O3S/c1-14-13-15(2)22-19-18(14)25(9-12-29-19)21(27)23-17-5-3-16(4-6-17)20(26)24-7-10-28-11-8-24/h3-6,13H,7-12H2,1-2H3,(H,23,27). The predicted molar refractivity (Wildman–Crippen MR) is 114 cm³/mol. The SMILES string of the molecule is Cc1cc(C)c2c(n1)SCCN2C(=O)Nc1ccc(C(=O)N2CCOCC2)cc1. The van der Waals surface area contributed by atoms with Crippen LogP contribution < -0.4 is 10.2 Å². The summed E-state index contributed by atoms with van der Waals surface area (Å²) in [7, 11) is 0. The Kier molecular flexibility index (Phi) is 5.73. The van der Waals surface area contributed by atoms with Gasteiger partial charge in [0.05, 0.1) is 18.9 Å². The molecule has 3 heterocycles. The molecular weight excluding hydrogens is 388 g/mol. The first-order valence-corrected chi connectivity index (χ1v) is 10.7. The highest BCUT2D eigenvalue weighted by molar-refractivity contribution is 7.99. The number of aryl methyl sites for hydroxylation is 2. The van der Waals surface area contributed by atoms with Crippen LogP contribution in [0.4, 0.5) is 16.2 Å². The quantitative estimate of drug-likeness (QED) is 0.819. The van der Waals surface area contributed by atoms with Gasteiger partial charge >= 0.3 is 6.03 Å². The van der Waals surface area contributed by atoms with Crippen molar-refractivity contribution in [1.29, 1.82) is 0 Å². The molecule has 0 saturated carbocycles. The molecule has 1 aromatic heterocycles. The number of morpholine rings is 1. The topological polar surface area (TPSA) is 74.8 Å². The number of urea groups is 1. The van der Waals surface area contributed by atoms with Gasteiger partial charge in [0.15, 0.2) is 0 Å². The lowest BCUT2D eigenvalue weighted by atomic mass is 10.1. The van der Waals surface area contributed by atoms with Crippen molar-refractivity contribution in [2.45, 2.75) is 18.9 Å². The van der Waals surface area contributed by atoms with Gasteiger partial charge in [0.2, 0.25) is 0 Å². The third kappa shape index (κ3) is 4.23. The zero-order chi connectivity index (χ0) is 20.4. The van der Waals surface area contributed by atoms with Gasteiger partial charge in [-0.05, 0) is 49.7 Å². The maximum atomic E-state index is 12.9. The first-order valence-electron chi connectivity index (χ1n) is 9.69. The fraction of sp³-hybridized carbons (Fsp3) is 0.381. The van der Waals surface area contributed by atoms with E-state index in [9.17, 15) is 9.59 Å². The largest absolute Gasteiger partial charge is 0.378 e. The number of benzene rings is 1. The zero-order valence-corrected chi connectivity index (χ0v) is 17.4. The van der Waals surface area contributed by atoms with Gasteiger partial charge in [-0.3, -0.25) is 9.69 Å². The lowest BCUT2D eigenvalue weighted by Gasteiger charge is -2.30. The molecule has 29 heavy (non-hydrogen) atoms. The van der Waals surface area contributed by atoms with Gasteiger partial charge in [0.25, 0.3) is 5.91 Å². The zero-order valence-electron chi connectivity index (χ0n) is 16.6. The molecule has 0 aliphatic carbocycles. The molecule has 1 saturated heterocycles. The minimum Gasteiger partial charge on any atom is -0.378 e. The summed E-state index contributed by atoms with van der Waals surface area (Å²) in [5.74, 6) is 0.800. The molecule has 1 aromatic carbocycles. The van der Waals surface area contributed by atoms with Crippen LogP contribution in [0.1, 0.15) is 21.6 Å². The molecule has 0 atom stereocenters. The number of nitrogens with one attached hydrogen (secondary N) is 1. The molecular formula is C21H24N4O3S. The highest BCUT2D eigenvalue weighted by Gasteiger charge is 2.26. The number of hydrogen-bond donors (Lipinski definition) is 1. The average molecular weight is 413 g/mol. The van der Waals surface area contributed by atoms with Crippen molar-refractivity contribution in [1.82, 2.24) is 9.88 Å². The van der Waals surface area contributed by atoms with E-state index in [4.69, 9.17) is 4.74 Å². The maximum absolute atomic E-state index is 12.9. The molecule has 1 fully saturated rings. The van der Waals surface area contributed by atoms with Gasteiger partial charge in [0, 0.05) is 42.3 Å². The van der Waals surface area contributed by atoms with Crippen molar-refractivity contribution in [3.8, 4) is 0 Å². The predicted octanol–water partition coefficient (Wildman–Crippen LogP) is 3.32. The molecule has 1 N–H and O–H groups in total. The second-order valence-electron chi connectivity index (χ2n) is 7.15. The number of aromatic nitrogens is 1. The molecule has 8 heteroatoms. The van der Waals surface area contributed by atoms with E-state index in [2.05, 4.69) is 10.3 Å². The second kappa shape index (κ2) is 8.42. The summed E-state index contributed by atoms with van der Waals surface area (Å²) in [6, 6.07) is 8.86. The van der Waals surface area contributed by atoms with Crippen molar-refractivity contribution >= 4 is 35.1 Å². The summed E-state index contributed by atoms with van der Waals surface area (Å²) in [6.45, 7) is 6.96. The van der Waals surface area contributed by atoms with Crippen LogP contribution in [0.15, 0.2) is 35.4 Å². The highest BCUT2D eigenvalue weighted by atomic mass is 32.2. The maximum Gasteiger partial charge on any atom is 0.326 e. The average Bonchev–Trinajstić information content (AvgIpc) is 2.73. The van der Waals surface area contributed by atoms with Gasteiger partial charge in [-0.2, -0.15) is 0 Å². The van der Waals surface area contributed by atoms with Gasteiger partial charge in [-0.1, -0.05) is 0 Å². The second-order valence-corrected chi connectivity index (χ2v) is 8.23. The van der Waals surface area contributed by atoms with Crippen molar-refractivity contribution in [3.05, 3.63) is 47.2 Å². The van der Waals surface area contributed by atoms with Crippen LogP contribution in [0, 0.1) is 13.8 Å². The minimum absolute atomic E-state index is 0.00905. The molecule has 3 amide bonds. The van der Waals surface area contributed by atoms with Crippen LogP contribution in [-0.4, -0.2) is 60.4 Å². The molecule has 0 unspecified atom stereocenters. The monoisotopic (exact) mass is 412 g/mol. The highest BCUT2D eigenvalue weighted by Crippen LogP contribution is 2.36. The summed E-state index contributed by atoms with van der Waals surface area (Å²) in [4.78, 5) is 33.6. The van der Waals surface area contributed by atoms with Crippen LogP contribution in [0.25, 0.3) is 0 Å². The number of carbonyl (C=O) groups is 2. The van der Waals surface area contributed by atoms with Crippen LogP contribution in [0.3, 0.4) is 0 Å². The summed E-state index contributed by atoms with van der Waals surface area (Å²) in [5.41, 5.74) is 4.15. The molecule has 0 bridgehead atoms. The summed E-state index contributed by atoms with van der Waals surface area (Å²) in [5, 5.41) is 3.84. The van der Waals surface area contributed by atoms with Crippen molar-refractivity contribution in [2.24, 2.45) is 0 Å². The van der Waals surface area contributed by atoms with E-state index >= 15 is 0 Å². The first kappa shape index (κ1) is 19.7. The Labute approximate surface area is 174 Å². The minimum atomic E-state index is -0.187. The number of anilines is 2. The van der Waals surface area contributed by atoms with Gasteiger partial charge in [0.1, 0.15) is 5.03 Å². The number of nitrogens with zero attached hydrogens (tertiary/aromatic N) is 3. The summed E-state index contributed by atoms with van der Waals surface area (Å²) >= 11 is 1.68. The smallest absolute Gasteiger partial charge is 0.326 e. The van der Waals surface area contributed by atoms with E-state index in [1.807, 2.05) is 19.9 Å². The number of thioether (sulfide) groups is 1. The molecule has 4 rings (SSSR count). The Bertz CT molecular complexity index is 926. The Balaban J connectivity index is 1.46. The third-order valence-electron chi connectivity index (χ3n) is 5.03. The van der Waals surface area contributed by atoms with Crippen molar-refractivity contribution < 1.29 is 14.3 Å². The van der Waals surface area contributed by atoms with E-state index in [0.717, 1.165) is 27.7 Å². The first-order chi connectivity index (χ1) is 14.0. The molecule has 0 radical (unpaired) electrons. The van der Waals surface area contributed by atoms with Gasteiger partial charge in [-0.25, -0.2) is 9.78 Å². The van der Waals surface area contributed by atoms with E-state index in [1.165, 1.54) is 0 Å². The Hall–Kier alpha value is -2.58. The molecule has 2 aliphatic rings. The van der Waals surface area contributed by atoms with Gasteiger partial charge < -0.3 is 15.0 Å². The lowest BCUT2D eigenvalue weighted by Crippen LogP contribution is -2.40. The van der Waals surface area contributed by atoms with E-state index < -0.39 is 0 Å². The number of fused-ring (bicyclic) bond motifs is 1. The summed E-state index contributed by atoms with van der Waals surface area (Å²) in [6.07, 6.45) is 0. The van der Waals surface area contributed by atoms with E-state index in [-0.39, 0.29) is 11.9 Å². The number of hydrogen-bond acceptors (Lipinski definition) is 5. The normalized spacial score (nSPS) is 16.3. The molecule has 152 valence electrons. The Morgan fingerprint density at radius 2 is 1.83 bits per heavy atom. The van der Waals surface area contributed by atoms with Crippen LogP contribution in [0.2, 0.25) is 0 Å². The van der Waals surface area contributed by atoms with Crippen molar-refractivity contribution in [2.75, 3.05) is 48.8 Å². The molecule has 2 aromatic rings. The van der Waals surface area contributed by atoms with Crippen LogP contribution in [0.5, 0.6) is 0 Å². The van der Waals surface area contributed by atoms with E-state index in [1.54, 1.807) is 45.8 Å². The molecule has 0 spiro atoms. The fourth-order valence-electron chi connectivity index (χ4n) is 3.61. The third-order valence-corrected chi connectivity index (χ3v) is 5.97. The number of pyridine rings is 1. The summed E-state index contributed by atoms with van der Waals surface area (Å²) < 4.78 is 5.29. The number of amides is 3. The Morgan fingerprint density at radius 3 is 2.55 bits per heavy atom. The van der Waals surface area contributed by atoms with Crippen LogP contribution in [-0.2, 0) is 4.74 Å². The number of ether oxygens (including phenoxy) is 1. The van der Waals surface area contributed by atoms with Gasteiger partial charge in [-0.15, -0.1) is 11.8 Å². The molecule has 7 nitrogen and oxygen atoms in total. The van der Waals surface area contributed by atoms with Crippen molar-refractivity contribution in [3.63, 3.8) is 0 Å². The Morgan fingerprint density at radius 1 is 1.10 bits per heavy atom. The number of carbonyl (C=O) groups excluding carboxylic acids is 2. The lowest BCUT2D eigenvalue weighted by molar-refractivity contribution is 0.0303. The molecule has 2 aliphatic heterocycles. The van der Waals surface area contributed by atoms with E-state index in [0.29, 0.717) is 44.1 Å².